The lowest BCUT2D eigenvalue weighted by Crippen LogP contribution is -2.25. The summed E-state index contributed by atoms with van der Waals surface area (Å²) in [5.74, 6) is 0.00410. The summed E-state index contributed by atoms with van der Waals surface area (Å²) in [5, 5.41) is 4.72. The summed E-state index contributed by atoms with van der Waals surface area (Å²) >= 11 is 0. The number of rotatable bonds is 7. The van der Waals surface area contributed by atoms with Crippen LogP contribution in [0.2, 0.25) is 0 Å². The Balaban J connectivity index is 1.17. The van der Waals surface area contributed by atoms with Gasteiger partial charge in [-0.05, 0) is 54.2 Å². The van der Waals surface area contributed by atoms with Crippen molar-refractivity contribution < 1.29 is 4.79 Å². The molecule has 166 valence electrons. The third-order valence-corrected chi connectivity index (χ3v) is 5.90. The van der Waals surface area contributed by atoms with Crippen LogP contribution in [0.15, 0.2) is 65.7 Å². The number of carbonyl (C=O) groups excluding carboxylic acids is 1. The van der Waals surface area contributed by atoms with Gasteiger partial charge >= 0.3 is 0 Å². The molecule has 8 heteroatoms. The van der Waals surface area contributed by atoms with Crippen LogP contribution in [0.4, 0.5) is 5.95 Å². The molecule has 0 saturated carbocycles. The van der Waals surface area contributed by atoms with Crippen LogP contribution < -0.4 is 16.6 Å². The average Bonchev–Trinajstić information content (AvgIpc) is 3.42. The minimum atomic E-state index is -0.242. The minimum Gasteiger partial charge on any atom is -0.369 e. The topological polar surface area (TPSA) is 132 Å². The third kappa shape index (κ3) is 4.23. The maximum atomic E-state index is 12.5. The molecule has 5 rings (SSSR count). The van der Waals surface area contributed by atoms with E-state index in [0.29, 0.717) is 29.6 Å². The number of aryl methyl sites for hydroxylation is 2. The molecule has 0 aliphatic rings. The van der Waals surface area contributed by atoms with Gasteiger partial charge in [0.15, 0.2) is 0 Å². The number of benzene rings is 2. The molecule has 1 amide bonds. The fourth-order valence-electron chi connectivity index (χ4n) is 4.17. The molecule has 0 aliphatic carbocycles. The van der Waals surface area contributed by atoms with Crippen molar-refractivity contribution in [2.24, 2.45) is 0 Å². The molecule has 6 N–H and O–H groups in total. The summed E-state index contributed by atoms with van der Waals surface area (Å²) in [6.07, 6.45) is 5.96. The monoisotopic (exact) mass is 440 g/mol. The summed E-state index contributed by atoms with van der Waals surface area (Å²) in [6, 6.07) is 15.7. The Morgan fingerprint density at radius 3 is 2.58 bits per heavy atom. The normalized spacial score (nSPS) is 11.3. The number of nitrogens with one attached hydrogen (secondary N) is 4. The summed E-state index contributed by atoms with van der Waals surface area (Å²) in [5.41, 5.74) is 10.7. The van der Waals surface area contributed by atoms with Gasteiger partial charge in [0.25, 0.3) is 11.5 Å². The first-order valence-electron chi connectivity index (χ1n) is 10.9. The van der Waals surface area contributed by atoms with Gasteiger partial charge in [0.05, 0.1) is 5.39 Å². The molecule has 8 nitrogen and oxygen atoms in total. The molecule has 33 heavy (non-hydrogen) atoms. The molecule has 0 bridgehead atoms. The number of amides is 1. The highest BCUT2D eigenvalue weighted by molar-refractivity contribution is 5.94. The molecule has 0 radical (unpaired) electrons. The van der Waals surface area contributed by atoms with Gasteiger partial charge in [-0.2, -0.15) is 4.98 Å². The summed E-state index contributed by atoms with van der Waals surface area (Å²) in [4.78, 5) is 37.6. The molecule has 0 unspecified atom stereocenters. The fraction of sp³-hybridized carbons (Fsp3) is 0.160. The molecule has 0 spiro atoms. The van der Waals surface area contributed by atoms with Gasteiger partial charge in [-0.15, -0.1) is 0 Å². The number of H-pyrrole nitrogens is 3. The number of aromatic nitrogens is 4. The Morgan fingerprint density at radius 1 is 0.939 bits per heavy atom. The Labute approximate surface area is 189 Å². The molecule has 0 fully saturated rings. The smallest absolute Gasteiger partial charge is 0.262 e. The molecule has 5 aromatic rings. The van der Waals surface area contributed by atoms with E-state index in [4.69, 9.17) is 5.73 Å². The largest absolute Gasteiger partial charge is 0.369 e. The van der Waals surface area contributed by atoms with Crippen molar-refractivity contribution in [1.29, 1.82) is 0 Å². The molecule has 2 aromatic carbocycles. The van der Waals surface area contributed by atoms with Gasteiger partial charge in [-0.25, -0.2) is 0 Å². The number of para-hydroxylation sites is 1. The van der Waals surface area contributed by atoms with Gasteiger partial charge in [0.2, 0.25) is 5.95 Å². The summed E-state index contributed by atoms with van der Waals surface area (Å²) < 4.78 is 0. The van der Waals surface area contributed by atoms with Crippen LogP contribution >= 0.6 is 0 Å². The van der Waals surface area contributed by atoms with Crippen molar-refractivity contribution in [3.63, 3.8) is 0 Å². The van der Waals surface area contributed by atoms with Crippen LogP contribution in [0.25, 0.3) is 21.9 Å². The maximum absolute atomic E-state index is 12.5. The molecule has 3 aromatic heterocycles. The lowest BCUT2D eigenvalue weighted by molar-refractivity contribution is 0.0954. The second-order valence-corrected chi connectivity index (χ2v) is 8.05. The van der Waals surface area contributed by atoms with E-state index in [1.165, 1.54) is 10.9 Å². The van der Waals surface area contributed by atoms with Crippen LogP contribution in [0.3, 0.4) is 0 Å². The van der Waals surface area contributed by atoms with Gasteiger partial charge in [0, 0.05) is 35.4 Å². The van der Waals surface area contributed by atoms with Crippen LogP contribution in [-0.2, 0) is 19.3 Å². The van der Waals surface area contributed by atoms with Gasteiger partial charge < -0.3 is 21.0 Å². The van der Waals surface area contributed by atoms with Crippen molar-refractivity contribution >= 4 is 33.8 Å². The first-order chi connectivity index (χ1) is 16.1. The first kappa shape index (κ1) is 20.6. The van der Waals surface area contributed by atoms with E-state index in [9.17, 15) is 9.59 Å². The number of aromatic amines is 3. The number of nitrogens with two attached hydrogens (primary N) is 1. The Kier molecular flexibility index (Phi) is 5.40. The van der Waals surface area contributed by atoms with Crippen molar-refractivity contribution in [1.82, 2.24) is 25.3 Å². The quantitative estimate of drug-likeness (QED) is 0.266. The molecule has 0 atom stereocenters. The molecular formula is C25H24N6O2. The average molecular weight is 441 g/mol. The summed E-state index contributed by atoms with van der Waals surface area (Å²) in [6.45, 7) is 0.566. The van der Waals surface area contributed by atoms with Crippen molar-refractivity contribution in [2.75, 3.05) is 12.3 Å². The maximum Gasteiger partial charge on any atom is 0.262 e. The second-order valence-electron chi connectivity index (χ2n) is 8.05. The van der Waals surface area contributed by atoms with E-state index >= 15 is 0 Å². The standard InChI is InChI=1S/C25H24N6O2/c26-25-30-22-21(24(33)31-25)18(14-29-22)10-7-15-5-8-16(9-6-15)23(32)27-12-11-17-13-28-20-4-2-1-3-19(17)20/h1-6,8-9,13-14,28H,7,10-12H2,(H,27,32)(H4,26,29,30,31,33). The third-order valence-electron chi connectivity index (χ3n) is 5.90. The van der Waals surface area contributed by atoms with Crippen molar-refractivity contribution in [2.45, 2.75) is 19.3 Å². The van der Waals surface area contributed by atoms with Gasteiger partial charge in [-0.1, -0.05) is 30.3 Å². The van der Waals surface area contributed by atoms with Crippen LogP contribution in [-0.4, -0.2) is 32.4 Å². The zero-order valence-corrected chi connectivity index (χ0v) is 17.9. The SMILES string of the molecule is Nc1nc2[nH]cc(CCc3ccc(C(=O)NCCc4c[nH]c5ccccc45)cc3)c2c(=O)[nH]1. The fourth-order valence-corrected chi connectivity index (χ4v) is 4.17. The van der Waals surface area contributed by atoms with Crippen molar-refractivity contribution in [3.8, 4) is 0 Å². The zero-order valence-electron chi connectivity index (χ0n) is 17.9. The van der Waals surface area contributed by atoms with E-state index in [-0.39, 0.29) is 17.4 Å². The molecule has 0 saturated heterocycles. The second kappa shape index (κ2) is 8.66. The number of carbonyl (C=O) groups is 1. The highest BCUT2D eigenvalue weighted by Crippen LogP contribution is 2.18. The number of hydrogen-bond donors (Lipinski definition) is 5. The number of hydrogen-bond acceptors (Lipinski definition) is 4. The Morgan fingerprint density at radius 2 is 1.73 bits per heavy atom. The number of nitrogen functional groups attached to an aromatic ring is 1. The Bertz CT molecular complexity index is 1490. The molecule has 3 heterocycles. The van der Waals surface area contributed by atoms with Crippen LogP contribution in [0.1, 0.15) is 27.0 Å². The Hall–Kier alpha value is -4.33. The summed E-state index contributed by atoms with van der Waals surface area (Å²) in [7, 11) is 0. The minimum absolute atomic E-state index is 0.0896. The molecular weight excluding hydrogens is 416 g/mol. The first-order valence-corrected chi connectivity index (χ1v) is 10.9. The number of nitrogens with zero attached hydrogens (tertiary/aromatic N) is 1. The van der Waals surface area contributed by atoms with E-state index in [1.807, 2.05) is 48.7 Å². The van der Waals surface area contributed by atoms with Gasteiger partial charge in [-0.3, -0.25) is 14.6 Å². The van der Waals surface area contributed by atoms with Crippen molar-refractivity contribution in [3.05, 3.63) is 93.5 Å². The highest BCUT2D eigenvalue weighted by atomic mass is 16.1. The highest BCUT2D eigenvalue weighted by Gasteiger charge is 2.11. The lowest BCUT2D eigenvalue weighted by Gasteiger charge is -2.06. The van der Waals surface area contributed by atoms with Gasteiger partial charge in [0.1, 0.15) is 5.65 Å². The van der Waals surface area contributed by atoms with E-state index in [2.05, 4.69) is 31.3 Å². The predicted octanol–water partition coefficient (Wildman–Crippen LogP) is 3.07. The van der Waals surface area contributed by atoms with E-state index < -0.39 is 0 Å². The predicted molar refractivity (Wildman–Crippen MR) is 129 cm³/mol. The lowest BCUT2D eigenvalue weighted by atomic mass is 10.0. The van der Waals surface area contributed by atoms with Crippen LogP contribution in [0.5, 0.6) is 0 Å². The zero-order chi connectivity index (χ0) is 22.8. The molecule has 0 aliphatic heterocycles. The van der Waals surface area contributed by atoms with Crippen LogP contribution in [0, 0.1) is 0 Å². The van der Waals surface area contributed by atoms with E-state index in [1.54, 1.807) is 6.20 Å². The van der Waals surface area contributed by atoms with E-state index in [0.717, 1.165) is 29.5 Å². The number of fused-ring (bicyclic) bond motifs is 2. The number of anilines is 1.